The Kier molecular flexibility index (Phi) is 5.40. The molecule has 148 valence electrons. The average Bonchev–Trinajstić information content (AvgIpc) is 3.18. The van der Waals surface area contributed by atoms with E-state index in [-0.39, 0.29) is 6.42 Å². The molecular weight excluding hydrogens is 410 g/mol. The molecule has 3 aliphatic heterocycles. The molecule has 3 rings (SSSR count). The number of rotatable bonds is 8. The second-order valence-electron chi connectivity index (χ2n) is 5.54. The van der Waals surface area contributed by atoms with E-state index in [4.69, 9.17) is 18.9 Å². The Morgan fingerprint density at radius 3 is 2.62 bits per heavy atom. The lowest BCUT2D eigenvalue weighted by atomic mass is 9.86. The van der Waals surface area contributed by atoms with Gasteiger partial charge in [-0.15, -0.1) is 4.33 Å². The van der Waals surface area contributed by atoms with E-state index in [9.17, 15) is 26.8 Å². The Bertz CT molecular complexity index is 684. The molecule has 5 atom stereocenters. The molecule has 3 heterocycles. The van der Waals surface area contributed by atoms with Gasteiger partial charge in [0.05, 0.1) is 6.10 Å². The van der Waals surface area contributed by atoms with Crippen LogP contribution in [0.3, 0.4) is 0 Å². The summed E-state index contributed by atoms with van der Waals surface area (Å²) in [5.41, 5.74) is 0. The fourth-order valence-corrected chi connectivity index (χ4v) is 5.00. The van der Waals surface area contributed by atoms with Gasteiger partial charge in [-0.25, -0.2) is 10.1 Å². The average molecular weight is 422 g/mol. The molecule has 0 saturated carbocycles. The molecular formula is C11H12F2O11S2. The van der Waals surface area contributed by atoms with Crippen molar-refractivity contribution in [3.63, 3.8) is 0 Å². The van der Waals surface area contributed by atoms with Crippen molar-refractivity contribution in [2.24, 2.45) is 5.92 Å². The summed E-state index contributed by atoms with van der Waals surface area (Å²) in [6.07, 6.45) is -2.27. The van der Waals surface area contributed by atoms with Crippen LogP contribution in [0, 0.1) is 5.92 Å². The number of ether oxygens (including phenoxy) is 3. The summed E-state index contributed by atoms with van der Waals surface area (Å²) >= 11 is -0.790. The highest BCUT2D eigenvalue weighted by Crippen LogP contribution is 2.50. The maximum Gasteiger partial charge on any atom is 0.415 e. The zero-order chi connectivity index (χ0) is 19.1. The van der Waals surface area contributed by atoms with Gasteiger partial charge in [-0.1, -0.05) is 5.04 Å². The first-order valence-electron chi connectivity index (χ1n) is 7.12. The number of hydrogen-bond acceptors (Lipinski definition) is 12. The number of halogens is 2. The zero-order valence-electron chi connectivity index (χ0n) is 12.6. The molecule has 0 spiro atoms. The number of carbonyl (C=O) groups excluding carboxylic acids is 2. The van der Waals surface area contributed by atoms with Crippen LogP contribution in [0.2, 0.25) is 0 Å². The molecule has 3 aliphatic rings. The summed E-state index contributed by atoms with van der Waals surface area (Å²) in [4.78, 5) is 23.2. The van der Waals surface area contributed by atoms with Crippen molar-refractivity contribution in [2.45, 2.75) is 35.2 Å². The maximum absolute atomic E-state index is 13.1. The summed E-state index contributed by atoms with van der Waals surface area (Å²) in [5, 5.41) is 5.75. The summed E-state index contributed by atoms with van der Waals surface area (Å²) in [5.74, 6) is -3.81. The molecule has 0 aromatic carbocycles. The summed E-state index contributed by atoms with van der Waals surface area (Å²) in [6, 6.07) is 0. The summed E-state index contributed by atoms with van der Waals surface area (Å²) < 4.78 is 72.5. The highest BCUT2D eigenvalue weighted by Gasteiger charge is 2.67. The van der Waals surface area contributed by atoms with E-state index < -0.39 is 82.0 Å². The van der Waals surface area contributed by atoms with E-state index >= 15 is 0 Å². The standard InChI is InChI=1S/C11H12F2O11S2/c12-11(13,25-24-23-16)10(15)20-2-1-19-9(14)6-4-3-5-7(21-4)8(6)22-26(5,17)18/h4-8,16H,1-3H2. The van der Waals surface area contributed by atoms with E-state index in [0.29, 0.717) is 0 Å². The molecule has 0 aromatic heterocycles. The van der Waals surface area contributed by atoms with Crippen molar-refractivity contribution >= 4 is 34.1 Å². The van der Waals surface area contributed by atoms with Gasteiger partial charge in [-0.2, -0.15) is 17.2 Å². The number of hydrogen-bond donors (Lipinski definition) is 1. The number of fused-ring (bicyclic) bond motifs is 1. The molecule has 11 nitrogen and oxygen atoms in total. The normalized spacial score (nSPS) is 34.0. The van der Waals surface area contributed by atoms with Crippen LogP contribution in [0.15, 0.2) is 0 Å². The van der Waals surface area contributed by atoms with E-state index in [0.717, 1.165) is 0 Å². The molecule has 0 amide bonds. The van der Waals surface area contributed by atoms with E-state index in [1.807, 2.05) is 0 Å². The van der Waals surface area contributed by atoms with Gasteiger partial charge in [-0.3, -0.25) is 8.98 Å². The van der Waals surface area contributed by atoms with Gasteiger partial charge in [0.2, 0.25) is 0 Å². The predicted molar refractivity (Wildman–Crippen MR) is 73.6 cm³/mol. The van der Waals surface area contributed by atoms with Gasteiger partial charge < -0.3 is 14.2 Å². The number of esters is 2. The topological polar surface area (TPSA) is 144 Å². The van der Waals surface area contributed by atoms with Crippen LogP contribution >= 0.6 is 12.0 Å². The first-order valence-corrected chi connectivity index (χ1v) is 9.34. The summed E-state index contributed by atoms with van der Waals surface area (Å²) in [6.45, 7) is -1.23. The lowest BCUT2D eigenvalue weighted by Gasteiger charge is -2.20. The van der Waals surface area contributed by atoms with E-state index in [1.54, 1.807) is 0 Å². The van der Waals surface area contributed by atoms with Crippen molar-refractivity contribution in [1.82, 2.24) is 0 Å². The van der Waals surface area contributed by atoms with Crippen LogP contribution in [-0.4, -0.2) is 67.6 Å². The van der Waals surface area contributed by atoms with Gasteiger partial charge >= 0.3 is 17.2 Å². The highest BCUT2D eigenvalue weighted by atomic mass is 32.2. The molecule has 0 radical (unpaired) electrons. The third kappa shape index (κ3) is 3.51. The first kappa shape index (κ1) is 19.7. The zero-order valence-corrected chi connectivity index (χ0v) is 14.2. The first-order chi connectivity index (χ1) is 12.2. The smallest absolute Gasteiger partial charge is 0.415 e. The Morgan fingerprint density at radius 2 is 1.92 bits per heavy atom. The fraction of sp³-hybridized carbons (Fsp3) is 0.818. The molecule has 0 aliphatic carbocycles. The minimum atomic E-state index is -4.16. The van der Waals surface area contributed by atoms with Crippen LogP contribution in [0.1, 0.15) is 6.42 Å². The Hall–Kier alpha value is -1.10. The Morgan fingerprint density at radius 1 is 1.23 bits per heavy atom. The van der Waals surface area contributed by atoms with Crippen molar-refractivity contribution in [1.29, 1.82) is 0 Å². The quantitative estimate of drug-likeness (QED) is 0.136. The second kappa shape index (κ2) is 7.14. The van der Waals surface area contributed by atoms with Crippen LogP contribution in [-0.2, 0) is 47.5 Å². The van der Waals surface area contributed by atoms with Gasteiger partial charge in [0, 0.05) is 0 Å². The van der Waals surface area contributed by atoms with Crippen molar-refractivity contribution < 1.29 is 59.8 Å². The number of carbonyl (C=O) groups is 2. The number of alkyl halides is 2. The van der Waals surface area contributed by atoms with Gasteiger partial charge in [0.15, 0.2) is 0 Å². The Balaban J connectivity index is 1.44. The molecule has 15 heteroatoms. The van der Waals surface area contributed by atoms with Crippen molar-refractivity contribution in [2.75, 3.05) is 13.2 Å². The molecule has 26 heavy (non-hydrogen) atoms. The van der Waals surface area contributed by atoms with Crippen molar-refractivity contribution in [3.8, 4) is 0 Å². The largest absolute Gasteiger partial charge is 0.462 e. The third-order valence-electron chi connectivity index (χ3n) is 4.10. The van der Waals surface area contributed by atoms with Gasteiger partial charge in [0.1, 0.15) is 48.6 Å². The molecule has 3 saturated heterocycles. The van der Waals surface area contributed by atoms with Crippen LogP contribution in [0.4, 0.5) is 8.78 Å². The third-order valence-corrected chi connectivity index (χ3v) is 6.29. The Labute approximate surface area is 149 Å². The maximum atomic E-state index is 13.1. The predicted octanol–water partition coefficient (Wildman–Crippen LogP) is -0.380. The summed E-state index contributed by atoms with van der Waals surface area (Å²) in [7, 11) is -3.79. The monoisotopic (exact) mass is 422 g/mol. The van der Waals surface area contributed by atoms with E-state index in [1.165, 1.54) is 0 Å². The van der Waals surface area contributed by atoms with Gasteiger partial charge in [0.25, 0.3) is 10.1 Å². The molecule has 2 bridgehead atoms. The fourth-order valence-electron chi connectivity index (χ4n) is 3.10. The van der Waals surface area contributed by atoms with E-state index in [2.05, 4.69) is 14.1 Å². The lowest BCUT2D eigenvalue weighted by Crippen LogP contribution is -2.40. The molecule has 1 N–H and O–H groups in total. The highest BCUT2D eigenvalue weighted by molar-refractivity contribution is 7.96. The molecule has 0 aromatic rings. The lowest BCUT2D eigenvalue weighted by molar-refractivity contribution is -0.433. The molecule has 3 fully saturated rings. The van der Waals surface area contributed by atoms with Crippen LogP contribution in [0.5, 0.6) is 0 Å². The minimum Gasteiger partial charge on any atom is -0.462 e. The molecule has 5 unspecified atom stereocenters. The second-order valence-corrected chi connectivity index (χ2v) is 8.14. The van der Waals surface area contributed by atoms with Gasteiger partial charge in [-0.05, 0) is 6.42 Å². The SMILES string of the molecule is O=C(OCCOC(=O)C(F)(F)SOOO)C1C2CC3C(O2)C1OS3(=O)=O. The van der Waals surface area contributed by atoms with Crippen LogP contribution < -0.4 is 0 Å². The minimum absolute atomic E-state index is 0.106. The van der Waals surface area contributed by atoms with Crippen molar-refractivity contribution in [3.05, 3.63) is 0 Å². The van der Waals surface area contributed by atoms with Crippen LogP contribution in [0.25, 0.3) is 0 Å².